The van der Waals surface area contributed by atoms with Gasteiger partial charge in [0.15, 0.2) is 0 Å². The minimum atomic E-state index is 0.500. The number of halogens is 3. The lowest BCUT2D eigenvalue weighted by Gasteiger charge is -2.10. The lowest BCUT2D eigenvalue weighted by atomic mass is 10.1. The first-order valence-electron chi connectivity index (χ1n) is 8.53. The van der Waals surface area contributed by atoms with Crippen molar-refractivity contribution < 1.29 is 0 Å². The van der Waals surface area contributed by atoms with Gasteiger partial charge in [-0.1, -0.05) is 99.5 Å². The molecule has 0 aromatic heterocycles. The smallest absolute Gasteiger partial charge is 0.0824 e. The molecule has 0 unspecified atom stereocenters. The van der Waals surface area contributed by atoms with Gasteiger partial charge in [0.1, 0.15) is 0 Å². The Hall–Kier alpha value is -0.110. The Morgan fingerprint density at radius 1 is 0.773 bits per heavy atom. The molecule has 22 heavy (non-hydrogen) atoms. The van der Waals surface area contributed by atoms with Crippen molar-refractivity contribution in [3.8, 4) is 0 Å². The highest BCUT2D eigenvalue weighted by atomic mass is 35.5. The number of rotatable bonds is 12. The summed E-state index contributed by atoms with van der Waals surface area (Å²) in [6, 6.07) is 3.49. The summed E-state index contributed by atoms with van der Waals surface area (Å²) < 4.78 is 0. The Labute approximate surface area is 150 Å². The lowest BCUT2D eigenvalue weighted by molar-refractivity contribution is 0.560. The fraction of sp³-hybridized carbons (Fsp3) is 0.667. The third kappa shape index (κ3) is 8.50. The van der Waals surface area contributed by atoms with Crippen LogP contribution in [-0.4, -0.2) is 6.54 Å². The van der Waals surface area contributed by atoms with E-state index in [1.807, 2.05) is 6.07 Å². The van der Waals surface area contributed by atoms with Crippen LogP contribution in [0.15, 0.2) is 12.1 Å². The van der Waals surface area contributed by atoms with Crippen LogP contribution in [0.4, 0.5) is 5.69 Å². The molecule has 0 aliphatic heterocycles. The molecule has 0 saturated carbocycles. The van der Waals surface area contributed by atoms with E-state index in [1.54, 1.807) is 6.07 Å². The molecule has 0 saturated heterocycles. The van der Waals surface area contributed by atoms with Crippen molar-refractivity contribution in [3.63, 3.8) is 0 Å². The second kappa shape index (κ2) is 12.3. The van der Waals surface area contributed by atoms with E-state index < -0.39 is 0 Å². The van der Waals surface area contributed by atoms with E-state index in [9.17, 15) is 0 Å². The number of nitrogens with one attached hydrogen (secondary N) is 1. The maximum atomic E-state index is 6.15. The number of hydrogen-bond acceptors (Lipinski definition) is 1. The van der Waals surface area contributed by atoms with Gasteiger partial charge in [0.05, 0.1) is 15.7 Å². The molecule has 1 N–H and O–H groups in total. The molecule has 1 rings (SSSR count). The minimum absolute atomic E-state index is 0.500. The molecule has 0 fully saturated rings. The van der Waals surface area contributed by atoms with E-state index in [-0.39, 0.29) is 0 Å². The molecular weight excluding hydrogens is 337 g/mol. The molecule has 0 heterocycles. The van der Waals surface area contributed by atoms with Crippen LogP contribution in [0.25, 0.3) is 0 Å². The third-order valence-electron chi connectivity index (χ3n) is 3.84. The van der Waals surface area contributed by atoms with Gasteiger partial charge in [0.25, 0.3) is 0 Å². The Balaban J connectivity index is 2.02. The molecule has 0 amide bonds. The molecule has 0 atom stereocenters. The lowest BCUT2D eigenvalue weighted by Crippen LogP contribution is -2.02. The van der Waals surface area contributed by atoms with Crippen molar-refractivity contribution in [1.29, 1.82) is 0 Å². The van der Waals surface area contributed by atoms with Crippen LogP contribution in [0.2, 0.25) is 15.1 Å². The maximum absolute atomic E-state index is 6.15. The average Bonchev–Trinajstić information content (AvgIpc) is 2.49. The average molecular weight is 365 g/mol. The first-order valence-corrected chi connectivity index (χ1v) is 9.67. The third-order valence-corrected chi connectivity index (χ3v) is 4.86. The zero-order valence-electron chi connectivity index (χ0n) is 13.6. The second-order valence-electron chi connectivity index (χ2n) is 5.86. The van der Waals surface area contributed by atoms with Crippen LogP contribution < -0.4 is 5.32 Å². The van der Waals surface area contributed by atoms with Crippen molar-refractivity contribution in [1.82, 2.24) is 0 Å². The monoisotopic (exact) mass is 363 g/mol. The van der Waals surface area contributed by atoms with Crippen LogP contribution in [0.5, 0.6) is 0 Å². The predicted molar refractivity (Wildman–Crippen MR) is 102 cm³/mol. The highest BCUT2D eigenvalue weighted by Crippen LogP contribution is 2.33. The molecular formula is C18H28Cl3N. The Morgan fingerprint density at radius 2 is 1.32 bits per heavy atom. The second-order valence-corrected chi connectivity index (χ2v) is 7.08. The molecule has 4 heteroatoms. The molecule has 126 valence electrons. The van der Waals surface area contributed by atoms with Gasteiger partial charge < -0.3 is 5.32 Å². The molecule has 0 radical (unpaired) electrons. The zero-order valence-corrected chi connectivity index (χ0v) is 15.8. The van der Waals surface area contributed by atoms with E-state index in [0.29, 0.717) is 15.1 Å². The van der Waals surface area contributed by atoms with Gasteiger partial charge in [0.2, 0.25) is 0 Å². The quantitative estimate of drug-likeness (QED) is 0.293. The number of anilines is 1. The Bertz CT molecular complexity index is 421. The van der Waals surface area contributed by atoms with Crippen LogP contribution in [0.3, 0.4) is 0 Å². The molecule has 0 aliphatic carbocycles. The molecule has 1 aromatic rings. The van der Waals surface area contributed by atoms with Gasteiger partial charge in [0, 0.05) is 11.6 Å². The fourth-order valence-corrected chi connectivity index (χ4v) is 3.19. The molecule has 0 bridgehead atoms. The summed E-state index contributed by atoms with van der Waals surface area (Å²) in [5, 5.41) is 4.98. The van der Waals surface area contributed by atoms with Gasteiger partial charge in [-0.2, -0.15) is 0 Å². The van der Waals surface area contributed by atoms with E-state index in [4.69, 9.17) is 34.8 Å². The van der Waals surface area contributed by atoms with Crippen molar-refractivity contribution in [2.45, 2.75) is 71.1 Å². The SMILES string of the molecule is CCCCCCCCCCCCNc1cc(Cl)cc(Cl)c1Cl. The van der Waals surface area contributed by atoms with Gasteiger partial charge in [-0.15, -0.1) is 0 Å². The largest absolute Gasteiger partial charge is 0.384 e. The van der Waals surface area contributed by atoms with E-state index in [1.165, 1.54) is 57.8 Å². The number of hydrogen-bond donors (Lipinski definition) is 1. The standard InChI is InChI=1S/C18H28Cl3N/c1-2-3-4-5-6-7-8-9-10-11-12-22-17-14-15(19)13-16(20)18(17)21/h13-14,22H,2-12H2,1H3. The Morgan fingerprint density at radius 3 is 1.91 bits per heavy atom. The molecule has 1 nitrogen and oxygen atoms in total. The molecule has 0 spiro atoms. The van der Waals surface area contributed by atoms with Crippen LogP contribution in [0, 0.1) is 0 Å². The summed E-state index contributed by atoms with van der Waals surface area (Å²) in [4.78, 5) is 0. The maximum Gasteiger partial charge on any atom is 0.0824 e. The first-order chi connectivity index (χ1) is 10.6. The molecule has 1 aromatic carbocycles. The van der Waals surface area contributed by atoms with Crippen molar-refractivity contribution in [2.75, 3.05) is 11.9 Å². The zero-order chi connectivity index (χ0) is 16.2. The van der Waals surface area contributed by atoms with E-state index in [0.717, 1.165) is 18.7 Å². The topological polar surface area (TPSA) is 12.0 Å². The summed E-state index contributed by atoms with van der Waals surface area (Å²) in [6.07, 6.45) is 13.4. The number of unbranched alkanes of at least 4 members (excludes halogenated alkanes) is 9. The van der Waals surface area contributed by atoms with Gasteiger partial charge in [-0.05, 0) is 18.6 Å². The summed E-state index contributed by atoms with van der Waals surface area (Å²) in [7, 11) is 0. The highest BCUT2D eigenvalue weighted by Gasteiger charge is 2.06. The summed E-state index contributed by atoms with van der Waals surface area (Å²) in [5.74, 6) is 0. The summed E-state index contributed by atoms with van der Waals surface area (Å²) >= 11 is 18.1. The summed E-state index contributed by atoms with van der Waals surface area (Å²) in [6.45, 7) is 3.17. The first kappa shape index (κ1) is 19.9. The van der Waals surface area contributed by atoms with Gasteiger partial charge in [-0.3, -0.25) is 0 Å². The van der Waals surface area contributed by atoms with Crippen molar-refractivity contribution >= 4 is 40.5 Å². The summed E-state index contributed by atoms with van der Waals surface area (Å²) in [5.41, 5.74) is 0.829. The van der Waals surface area contributed by atoms with Crippen molar-refractivity contribution in [2.24, 2.45) is 0 Å². The van der Waals surface area contributed by atoms with Gasteiger partial charge in [-0.25, -0.2) is 0 Å². The van der Waals surface area contributed by atoms with Crippen LogP contribution in [-0.2, 0) is 0 Å². The van der Waals surface area contributed by atoms with Gasteiger partial charge >= 0.3 is 0 Å². The minimum Gasteiger partial charge on any atom is -0.384 e. The number of benzene rings is 1. The predicted octanol–water partition coefficient (Wildman–Crippen LogP) is 7.98. The molecule has 0 aliphatic rings. The van der Waals surface area contributed by atoms with E-state index >= 15 is 0 Å². The van der Waals surface area contributed by atoms with Crippen molar-refractivity contribution in [3.05, 3.63) is 27.2 Å². The van der Waals surface area contributed by atoms with Crippen LogP contribution >= 0.6 is 34.8 Å². The highest BCUT2D eigenvalue weighted by molar-refractivity contribution is 6.45. The normalized spacial score (nSPS) is 10.9. The van der Waals surface area contributed by atoms with E-state index in [2.05, 4.69) is 12.2 Å². The Kier molecular flexibility index (Phi) is 11.2. The van der Waals surface area contributed by atoms with Crippen LogP contribution in [0.1, 0.15) is 71.1 Å². The fourth-order valence-electron chi connectivity index (χ4n) is 2.52.